The molecule has 0 aromatic heterocycles. The second-order valence-electron chi connectivity index (χ2n) is 24.2. The summed E-state index contributed by atoms with van der Waals surface area (Å²) in [5.74, 6) is -2.97. The largest absolute Gasteiger partial charge is 0.509 e. The Kier molecular flexibility index (Phi) is 22.5. The highest BCUT2D eigenvalue weighted by atomic mass is 31.2. The quantitative estimate of drug-likeness (QED) is 0.0551. The number of alkyl carbamates (subject to hydrolysis) is 1. The summed E-state index contributed by atoms with van der Waals surface area (Å²) in [5.41, 5.74) is -3.95. The predicted molar refractivity (Wildman–Crippen MR) is 290 cm³/mol. The molecule has 1 aromatic carbocycles. The van der Waals surface area contributed by atoms with Crippen molar-refractivity contribution in [2.75, 3.05) is 60.8 Å². The number of likely N-dealkylation sites (N-methyl/N-ethyl adjacent to an activating group) is 2. The maximum absolute atomic E-state index is 15.0. The van der Waals surface area contributed by atoms with E-state index in [9.17, 15) is 24.6 Å². The van der Waals surface area contributed by atoms with E-state index in [1.54, 1.807) is 27.9 Å². The fourth-order valence-corrected chi connectivity index (χ4v) is 15.2. The minimum atomic E-state index is -1.55. The van der Waals surface area contributed by atoms with Gasteiger partial charge < -0.3 is 58.3 Å². The molecule has 16 nitrogen and oxygen atoms in total. The van der Waals surface area contributed by atoms with Gasteiger partial charge in [-0.1, -0.05) is 71.6 Å². The molecular weight excluding hydrogens is 966 g/mol. The van der Waals surface area contributed by atoms with Gasteiger partial charge in [-0.15, -0.1) is 0 Å². The number of esters is 1. The van der Waals surface area contributed by atoms with Crippen molar-refractivity contribution in [1.29, 1.82) is 0 Å². The molecule has 4 heterocycles. The standard InChI is InChI=1S/C57H98N3O13P/c1-17-45-57(10)49(72-54(64)73-57)40(6)60(13)35-36(2)33-55(8,65)48(70-52-47(61)43(59(11)12)32-37(3)67-52)38(4)46(39(5)51(62)69-45)44-34-56(9,66-14)50(41(7)68-44)71-53(63)58-30-26-21-19-18-20-22-27-31-74(15,16)42-28-24-23-25-29-42/h23-25,28-29,36-41,43-50,52,61,65H,17-22,26-27,30-35H2,1-16H3/p+1/t36-,37-,38+,39-,40-,41+,43+,44?,45-,46+,47-,48-,49-,50+,52+,55-,56-,57-/m1/s1. The van der Waals surface area contributed by atoms with Crippen LogP contribution in [0.2, 0.25) is 0 Å². The van der Waals surface area contributed by atoms with E-state index in [0.29, 0.717) is 25.9 Å². The van der Waals surface area contributed by atoms with Crippen LogP contribution in [0.15, 0.2) is 30.3 Å². The van der Waals surface area contributed by atoms with Gasteiger partial charge in [0.05, 0.1) is 60.7 Å². The highest BCUT2D eigenvalue weighted by molar-refractivity contribution is 7.81. The maximum atomic E-state index is 15.0. The monoisotopic (exact) mass is 1060 g/mol. The third-order valence-corrected chi connectivity index (χ3v) is 20.5. The number of fused-ring (bicyclic) bond motifs is 1. The molecule has 1 unspecified atom stereocenters. The molecule has 0 saturated carbocycles. The Morgan fingerprint density at radius 3 is 2.16 bits per heavy atom. The average molecular weight is 1070 g/mol. The third-order valence-electron chi connectivity index (χ3n) is 17.3. The molecule has 18 atom stereocenters. The van der Waals surface area contributed by atoms with Crippen molar-refractivity contribution in [1.82, 2.24) is 15.1 Å². The van der Waals surface area contributed by atoms with E-state index in [1.165, 1.54) is 37.1 Å². The highest BCUT2D eigenvalue weighted by Crippen LogP contribution is 2.51. The molecule has 3 N–H and O–H groups in total. The molecule has 4 fully saturated rings. The van der Waals surface area contributed by atoms with Crippen molar-refractivity contribution in [3.63, 3.8) is 0 Å². The van der Waals surface area contributed by atoms with Crippen molar-refractivity contribution in [3.05, 3.63) is 30.3 Å². The number of carbonyl (C=O) groups excluding carboxylic acids is 3. The van der Waals surface area contributed by atoms with E-state index in [1.807, 2.05) is 67.6 Å². The van der Waals surface area contributed by atoms with Gasteiger partial charge in [0.2, 0.25) is 0 Å². The number of cyclic esters (lactones) is 1. The normalized spacial score (nSPS) is 39.0. The van der Waals surface area contributed by atoms with E-state index >= 15 is 0 Å². The number of benzene rings is 1. The molecule has 0 aliphatic carbocycles. The van der Waals surface area contributed by atoms with E-state index in [0.717, 1.165) is 19.3 Å². The Hall–Kier alpha value is -2.66. The number of nitrogens with one attached hydrogen (secondary N) is 1. The molecule has 4 aliphatic rings. The maximum Gasteiger partial charge on any atom is 0.509 e. The van der Waals surface area contributed by atoms with E-state index in [2.05, 4.69) is 60.8 Å². The molecular formula is C57H99N3O13P+. The Labute approximate surface area is 445 Å². The molecule has 424 valence electrons. The summed E-state index contributed by atoms with van der Waals surface area (Å²) in [5, 5.41) is 29.3. The van der Waals surface area contributed by atoms with Gasteiger partial charge in [-0.3, -0.25) is 9.69 Å². The van der Waals surface area contributed by atoms with Crippen molar-refractivity contribution in [2.45, 2.75) is 224 Å². The first-order valence-electron chi connectivity index (χ1n) is 27.9. The summed E-state index contributed by atoms with van der Waals surface area (Å²) in [4.78, 5) is 45.5. The number of aliphatic hydroxyl groups excluding tert-OH is 1. The Morgan fingerprint density at radius 2 is 1.54 bits per heavy atom. The molecule has 0 bridgehead atoms. The topological polar surface area (TPSA) is 184 Å². The SMILES string of the molecule is CC[C@H]1OC(=O)[C@H](C)[C@@H](C2C[C@@](C)(OC)[C@@H](OC(=O)NCCCCCCCCC[P+](C)(C)c3ccccc3)[C@H](C)O2)[C@H](C)[C@@H](O[C@@H]2O[C@H](C)C[C@H](N(C)C)[C@H]2O)[C@](C)(O)C[C@@H](C)CN(C)[C@H](C)[C@H]2OC(=O)O[C@@]21C. The van der Waals surface area contributed by atoms with Crippen LogP contribution in [0.4, 0.5) is 9.59 Å². The first-order valence-corrected chi connectivity index (χ1v) is 30.8. The van der Waals surface area contributed by atoms with Gasteiger partial charge in [0, 0.05) is 51.9 Å². The van der Waals surface area contributed by atoms with Crippen LogP contribution in [0.5, 0.6) is 0 Å². The lowest BCUT2D eigenvalue weighted by molar-refractivity contribution is -0.302. The number of aliphatic hydroxyl groups is 2. The minimum absolute atomic E-state index is 0.127. The van der Waals surface area contributed by atoms with Crippen LogP contribution >= 0.6 is 7.26 Å². The van der Waals surface area contributed by atoms with Crippen molar-refractivity contribution < 1.29 is 62.5 Å². The summed E-state index contributed by atoms with van der Waals surface area (Å²) in [6, 6.07) is 10.3. The van der Waals surface area contributed by atoms with Crippen molar-refractivity contribution in [3.8, 4) is 0 Å². The molecule has 0 radical (unpaired) electrons. The van der Waals surface area contributed by atoms with Gasteiger partial charge in [0.1, 0.15) is 17.8 Å². The number of ether oxygens (including phenoxy) is 8. The van der Waals surface area contributed by atoms with Crippen LogP contribution in [0, 0.1) is 23.7 Å². The first-order chi connectivity index (χ1) is 34.7. The van der Waals surface area contributed by atoms with E-state index in [4.69, 9.17) is 37.9 Å². The van der Waals surface area contributed by atoms with E-state index < -0.39 is 109 Å². The van der Waals surface area contributed by atoms with Gasteiger partial charge in [0.25, 0.3) is 0 Å². The van der Waals surface area contributed by atoms with Crippen molar-refractivity contribution in [2.24, 2.45) is 23.7 Å². The molecule has 1 aromatic rings. The average Bonchev–Trinajstić information content (AvgIpc) is 3.65. The summed E-state index contributed by atoms with van der Waals surface area (Å²) < 4.78 is 51.0. The number of nitrogens with zero attached hydrogens (tertiary/aromatic N) is 2. The lowest BCUT2D eigenvalue weighted by atomic mass is 9.68. The summed E-state index contributed by atoms with van der Waals surface area (Å²) in [6.45, 7) is 24.6. The highest BCUT2D eigenvalue weighted by Gasteiger charge is 2.59. The van der Waals surface area contributed by atoms with Crippen LogP contribution in [-0.4, -0.2) is 183 Å². The van der Waals surface area contributed by atoms with Gasteiger partial charge in [-0.05, 0) is 125 Å². The van der Waals surface area contributed by atoms with Crippen LogP contribution in [0.25, 0.3) is 0 Å². The smallest absolute Gasteiger partial charge is 0.458 e. The number of amides is 1. The van der Waals surface area contributed by atoms with Gasteiger partial charge in [-0.2, -0.15) is 0 Å². The zero-order valence-corrected chi connectivity index (χ0v) is 49.1. The predicted octanol–water partition coefficient (Wildman–Crippen LogP) is 8.42. The molecule has 4 saturated heterocycles. The molecule has 74 heavy (non-hydrogen) atoms. The Morgan fingerprint density at radius 1 is 0.905 bits per heavy atom. The molecule has 17 heteroatoms. The fraction of sp³-hybridized carbons (Fsp3) is 0.842. The van der Waals surface area contributed by atoms with Gasteiger partial charge >= 0.3 is 18.2 Å². The number of unbranched alkanes of at least 4 members (excludes halogenated alkanes) is 6. The summed E-state index contributed by atoms with van der Waals surface area (Å²) >= 11 is 0. The van der Waals surface area contributed by atoms with Crippen LogP contribution < -0.4 is 10.6 Å². The third kappa shape index (κ3) is 15.3. The minimum Gasteiger partial charge on any atom is -0.458 e. The van der Waals surface area contributed by atoms with Gasteiger partial charge in [-0.25, -0.2) is 9.59 Å². The Bertz CT molecular complexity index is 1930. The van der Waals surface area contributed by atoms with Crippen LogP contribution in [0.1, 0.15) is 140 Å². The molecule has 0 spiro atoms. The fourth-order valence-electron chi connectivity index (χ4n) is 12.9. The number of hydrogen-bond acceptors (Lipinski definition) is 15. The zero-order chi connectivity index (χ0) is 54.9. The number of hydrogen-bond donors (Lipinski definition) is 3. The number of carbonyl (C=O) groups is 3. The van der Waals surface area contributed by atoms with Crippen molar-refractivity contribution >= 4 is 30.8 Å². The zero-order valence-electron chi connectivity index (χ0n) is 48.2. The van der Waals surface area contributed by atoms with E-state index in [-0.39, 0.29) is 36.9 Å². The molecule has 5 rings (SSSR count). The summed E-state index contributed by atoms with van der Waals surface area (Å²) in [7, 11) is 6.25. The summed E-state index contributed by atoms with van der Waals surface area (Å²) in [6.07, 6.45) is 1.74. The Balaban J connectivity index is 1.35. The van der Waals surface area contributed by atoms with Gasteiger partial charge in [0.15, 0.2) is 24.1 Å². The molecule has 4 aliphatic heterocycles. The number of methoxy groups -OCH3 is 1. The van der Waals surface area contributed by atoms with Crippen LogP contribution in [0.3, 0.4) is 0 Å². The first kappa shape index (κ1) is 62.2. The second kappa shape index (κ2) is 26.8. The van der Waals surface area contributed by atoms with Crippen LogP contribution in [-0.2, 0) is 42.7 Å². The lowest BCUT2D eigenvalue weighted by Gasteiger charge is -2.52. The number of rotatable bonds is 18. The lowest BCUT2D eigenvalue weighted by Crippen LogP contribution is -2.62. The second-order valence-corrected chi connectivity index (χ2v) is 28.5. The molecule has 1 amide bonds.